The number of tetrazole rings is 1. The molecule has 0 aliphatic carbocycles. The second kappa shape index (κ2) is 6.63. The van der Waals surface area contributed by atoms with Crippen molar-refractivity contribution in [2.75, 3.05) is 4.90 Å². The van der Waals surface area contributed by atoms with Crippen LogP contribution in [0.4, 0.5) is 5.69 Å². The molecule has 2 aromatic rings. The van der Waals surface area contributed by atoms with E-state index in [4.69, 9.17) is 0 Å². The second-order valence-electron chi connectivity index (χ2n) is 4.27. The normalized spacial score (nSPS) is 10.4. The highest BCUT2D eigenvalue weighted by Gasteiger charge is 2.16. The molecule has 1 aromatic carbocycles. The monoisotopic (exact) mass is 259 g/mol. The molecule has 0 unspecified atom stereocenters. The highest BCUT2D eigenvalue weighted by atomic mass is 16.2. The third-order valence-electron chi connectivity index (χ3n) is 2.81. The van der Waals surface area contributed by atoms with Crippen molar-refractivity contribution < 1.29 is 4.79 Å². The van der Waals surface area contributed by atoms with E-state index in [0.717, 1.165) is 18.5 Å². The summed E-state index contributed by atoms with van der Waals surface area (Å²) >= 11 is 0. The minimum Gasteiger partial charge on any atom is -0.305 e. The van der Waals surface area contributed by atoms with E-state index in [2.05, 4.69) is 27.5 Å². The predicted molar refractivity (Wildman–Crippen MR) is 71.3 cm³/mol. The van der Waals surface area contributed by atoms with Crippen LogP contribution in [0.3, 0.4) is 0 Å². The fourth-order valence-electron chi connectivity index (χ4n) is 1.79. The number of carbonyl (C=O) groups excluding carboxylic acids is 1. The maximum Gasteiger partial charge on any atom is 0.227 e. The van der Waals surface area contributed by atoms with Crippen LogP contribution in [0.2, 0.25) is 0 Å². The maximum absolute atomic E-state index is 12.3. The Morgan fingerprint density at radius 2 is 2.11 bits per heavy atom. The van der Waals surface area contributed by atoms with Crippen LogP contribution in [0.5, 0.6) is 0 Å². The lowest BCUT2D eigenvalue weighted by molar-refractivity contribution is -0.118. The van der Waals surface area contributed by atoms with Gasteiger partial charge in [0.1, 0.15) is 0 Å². The van der Waals surface area contributed by atoms with E-state index in [-0.39, 0.29) is 5.91 Å². The van der Waals surface area contributed by atoms with Crippen molar-refractivity contribution in [1.29, 1.82) is 0 Å². The highest BCUT2D eigenvalue weighted by molar-refractivity contribution is 5.93. The molecule has 0 aliphatic rings. The summed E-state index contributed by atoms with van der Waals surface area (Å²) in [5.74, 6) is 0.665. The number of H-pyrrole nitrogens is 1. The number of nitrogens with one attached hydrogen (secondary N) is 1. The van der Waals surface area contributed by atoms with Gasteiger partial charge >= 0.3 is 0 Å². The Morgan fingerprint density at radius 3 is 2.74 bits per heavy atom. The van der Waals surface area contributed by atoms with Crippen LogP contribution >= 0.6 is 0 Å². The standard InChI is InChI=1S/C13H17N5O/c1-2-3-9-13(19)18(10-12-14-16-17-15-12)11-7-5-4-6-8-11/h4-8H,2-3,9-10H2,1H3,(H,14,15,16,17). The molecule has 0 saturated heterocycles. The number of para-hydroxylation sites is 1. The summed E-state index contributed by atoms with van der Waals surface area (Å²) in [7, 11) is 0. The summed E-state index contributed by atoms with van der Waals surface area (Å²) in [5, 5.41) is 13.6. The van der Waals surface area contributed by atoms with Gasteiger partial charge in [-0.15, -0.1) is 5.10 Å². The lowest BCUT2D eigenvalue weighted by Crippen LogP contribution is -2.30. The highest BCUT2D eigenvalue weighted by Crippen LogP contribution is 2.17. The minimum atomic E-state index is 0.0875. The van der Waals surface area contributed by atoms with Gasteiger partial charge in [0.2, 0.25) is 5.91 Å². The molecule has 6 heteroatoms. The van der Waals surface area contributed by atoms with Crippen molar-refractivity contribution in [3.05, 3.63) is 36.2 Å². The van der Waals surface area contributed by atoms with Gasteiger partial charge in [-0.2, -0.15) is 0 Å². The molecular formula is C13H17N5O. The lowest BCUT2D eigenvalue weighted by atomic mass is 10.2. The molecule has 2 rings (SSSR count). The fraction of sp³-hybridized carbons (Fsp3) is 0.385. The molecule has 0 saturated carbocycles. The van der Waals surface area contributed by atoms with E-state index in [1.54, 1.807) is 4.90 Å². The minimum absolute atomic E-state index is 0.0875. The molecule has 0 atom stereocenters. The van der Waals surface area contributed by atoms with Gasteiger partial charge in [0, 0.05) is 12.1 Å². The zero-order chi connectivity index (χ0) is 13.5. The number of unbranched alkanes of at least 4 members (excludes halogenated alkanes) is 1. The van der Waals surface area contributed by atoms with E-state index < -0.39 is 0 Å². The summed E-state index contributed by atoms with van der Waals surface area (Å²) in [6, 6.07) is 9.57. The van der Waals surface area contributed by atoms with Crippen molar-refractivity contribution in [3.63, 3.8) is 0 Å². The number of amides is 1. The Bertz CT molecular complexity index is 497. The van der Waals surface area contributed by atoms with Crippen LogP contribution in [-0.4, -0.2) is 26.5 Å². The van der Waals surface area contributed by atoms with E-state index in [9.17, 15) is 4.79 Å². The zero-order valence-electron chi connectivity index (χ0n) is 10.9. The number of nitrogens with zero attached hydrogens (tertiary/aromatic N) is 4. The molecule has 100 valence electrons. The summed E-state index contributed by atoms with van der Waals surface area (Å²) in [4.78, 5) is 14.0. The molecular weight excluding hydrogens is 242 g/mol. The zero-order valence-corrected chi connectivity index (χ0v) is 10.9. The number of aromatic amines is 1. The van der Waals surface area contributed by atoms with Crippen LogP contribution < -0.4 is 4.90 Å². The van der Waals surface area contributed by atoms with E-state index in [1.807, 2.05) is 30.3 Å². The molecule has 1 heterocycles. The van der Waals surface area contributed by atoms with Crippen molar-refractivity contribution in [1.82, 2.24) is 20.6 Å². The molecule has 1 aromatic heterocycles. The Hall–Kier alpha value is -2.24. The molecule has 1 amide bonds. The van der Waals surface area contributed by atoms with Gasteiger partial charge in [-0.1, -0.05) is 31.5 Å². The summed E-state index contributed by atoms with van der Waals surface area (Å²) in [5.41, 5.74) is 0.861. The molecule has 1 N–H and O–H groups in total. The quantitative estimate of drug-likeness (QED) is 0.860. The van der Waals surface area contributed by atoms with Gasteiger partial charge in [0.15, 0.2) is 5.82 Å². The Balaban J connectivity index is 2.15. The van der Waals surface area contributed by atoms with E-state index >= 15 is 0 Å². The van der Waals surface area contributed by atoms with Crippen LogP contribution in [-0.2, 0) is 11.3 Å². The topological polar surface area (TPSA) is 74.8 Å². The third kappa shape index (κ3) is 3.61. The van der Waals surface area contributed by atoms with Crippen molar-refractivity contribution in [3.8, 4) is 0 Å². The Kier molecular flexibility index (Phi) is 4.60. The van der Waals surface area contributed by atoms with Gasteiger partial charge in [-0.3, -0.25) is 4.79 Å². The molecule has 0 aliphatic heterocycles. The van der Waals surface area contributed by atoms with Gasteiger partial charge in [-0.25, -0.2) is 5.10 Å². The first kappa shape index (κ1) is 13.2. The van der Waals surface area contributed by atoms with E-state index in [1.165, 1.54) is 0 Å². The summed E-state index contributed by atoms with van der Waals surface area (Å²) in [6.07, 6.45) is 2.42. The number of hydrogen-bond donors (Lipinski definition) is 1. The SMILES string of the molecule is CCCCC(=O)N(Cc1nnn[nH]1)c1ccccc1. The first-order chi connectivity index (χ1) is 9.31. The first-order valence-electron chi connectivity index (χ1n) is 6.39. The number of anilines is 1. The van der Waals surface area contributed by atoms with Gasteiger partial charge in [0.05, 0.1) is 6.54 Å². The molecule has 19 heavy (non-hydrogen) atoms. The van der Waals surface area contributed by atoms with Gasteiger partial charge in [0.25, 0.3) is 0 Å². The fourth-order valence-corrected chi connectivity index (χ4v) is 1.79. The van der Waals surface area contributed by atoms with Crippen LogP contribution in [0.1, 0.15) is 32.0 Å². The molecule has 0 spiro atoms. The first-order valence-corrected chi connectivity index (χ1v) is 6.39. The smallest absolute Gasteiger partial charge is 0.227 e. The molecule has 0 bridgehead atoms. The second-order valence-corrected chi connectivity index (χ2v) is 4.27. The van der Waals surface area contributed by atoms with E-state index in [0.29, 0.717) is 18.8 Å². The largest absolute Gasteiger partial charge is 0.305 e. The Labute approximate surface area is 111 Å². The molecule has 0 fully saturated rings. The Morgan fingerprint density at radius 1 is 1.32 bits per heavy atom. The average Bonchev–Trinajstić information content (AvgIpc) is 2.96. The van der Waals surface area contributed by atoms with Gasteiger partial charge in [-0.05, 0) is 29.0 Å². The van der Waals surface area contributed by atoms with Crippen LogP contribution in [0, 0.1) is 0 Å². The van der Waals surface area contributed by atoms with Gasteiger partial charge < -0.3 is 4.90 Å². The van der Waals surface area contributed by atoms with Crippen LogP contribution in [0.15, 0.2) is 30.3 Å². The maximum atomic E-state index is 12.3. The number of benzene rings is 1. The lowest BCUT2D eigenvalue weighted by Gasteiger charge is -2.21. The number of aromatic nitrogens is 4. The van der Waals surface area contributed by atoms with Crippen molar-refractivity contribution in [2.24, 2.45) is 0 Å². The van der Waals surface area contributed by atoms with Crippen molar-refractivity contribution >= 4 is 11.6 Å². The number of carbonyl (C=O) groups is 1. The predicted octanol–water partition coefficient (Wildman–Crippen LogP) is 1.92. The third-order valence-corrected chi connectivity index (χ3v) is 2.81. The molecule has 6 nitrogen and oxygen atoms in total. The summed E-state index contributed by atoms with van der Waals surface area (Å²) < 4.78 is 0. The number of hydrogen-bond acceptors (Lipinski definition) is 4. The number of rotatable bonds is 6. The summed E-state index contributed by atoms with van der Waals surface area (Å²) in [6.45, 7) is 2.43. The van der Waals surface area contributed by atoms with Crippen LogP contribution in [0.25, 0.3) is 0 Å². The van der Waals surface area contributed by atoms with Crippen molar-refractivity contribution in [2.45, 2.75) is 32.7 Å². The molecule has 0 radical (unpaired) electrons. The average molecular weight is 259 g/mol.